The highest BCUT2D eigenvalue weighted by Gasteiger charge is 2.19. The molecule has 128 valence electrons. The average molecular weight is 328 g/mol. The highest BCUT2D eigenvalue weighted by atomic mass is 16.5. The summed E-state index contributed by atoms with van der Waals surface area (Å²) >= 11 is 0. The molecule has 24 heavy (non-hydrogen) atoms. The first kappa shape index (κ1) is 17.9. The number of carbonyl (C=O) groups excluding carboxylic acids is 1. The molecule has 0 atom stereocenters. The van der Waals surface area contributed by atoms with Crippen molar-refractivity contribution in [3.63, 3.8) is 0 Å². The summed E-state index contributed by atoms with van der Waals surface area (Å²) in [7, 11) is 1.64. The van der Waals surface area contributed by atoms with Crippen molar-refractivity contribution < 1.29 is 9.53 Å². The molecule has 6 nitrogen and oxygen atoms in total. The Kier molecular flexibility index (Phi) is 5.87. The Hall–Kier alpha value is -2.47. The largest absolute Gasteiger partial charge is 0.383 e. The van der Waals surface area contributed by atoms with Crippen LogP contribution in [0, 0.1) is 0 Å². The summed E-state index contributed by atoms with van der Waals surface area (Å²) in [5.41, 5.74) is 2.07. The van der Waals surface area contributed by atoms with Gasteiger partial charge >= 0.3 is 0 Å². The number of anilines is 2. The maximum Gasteiger partial charge on any atom is 0.275 e. The molecule has 2 aromatic rings. The Morgan fingerprint density at radius 1 is 1.17 bits per heavy atom. The van der Waals surface area contributed by atoms with Gasteiger partial charge in [0.05, 0.1) is 19.0 Å². The standard InChI is InChI=1S/C18H24N4O2/c1-18(2,3)13-7-5-6-8-14(13)22-17(23)15-11-21-16(12-20-15)19-9-10-24-4/h5-8,11-12H,9-10H2,1-4H3,(H,19,21)(H,22,23). The normalized spacial score (nSPS) is 11.2. The van der Waals surface area contributed by atoms with Crippen LogP contribution in [0.1, 0.15) is 36.8 Å². The van der Waals surface area contributed by atoms with Crippen molar-refractivity contribution in [2.75, 3.05) is 30.9 Å². The molecule has 0 spiro atoms. The number of ether oxygens (including phenoxy) is 1. The van der Waals surface area contributed by atoms with Crippen molar-refractivity contribution in [2.45, 2.75) is 26.2 Å². The number of para-hydroxylation sites is 1. The van der Waals surface area contributed by atoms with Gasteiger partial charge in [0.2, 0.25) is 0 Å². The number of methoxy groups -OCH3 is 1. The van der Waals surface area contributed by atoms with Crippen molar-refractivity contribution in [3.05, 3.63) is 47.9 Å². The van der Waals surface area contributed by atoms with E-state index in [1.165, 1.54) is 6.20 Å². The van der Waals surface area contributed by atoms with Crippen molar-refractivity contribution in [1.82, 2.24) is 9.97 Å². The molecule has 0 fully saturated rings. The first-order valence-electron chi connectivity index (χ1n) is 7.87. The minimum atomic E-state index is -0.275. The Morgan fingerprint density at radius 2 is 1.92 bits per heavy atom. The average Bonchev–Trinajstić information content (AvgIpc) is 2.55. The van der Waals surface area contributed by atoms with Crippen LogP contribution < -0.4 is 10.6 Å². The Morgan fingerprint density at radius 3 is 2.54 bits per heavy atom. The lowest BCUT2D eigenvalue weighted by molar-refractivity contribution is 0.102. The molecule has 0 saturated heterocycles. The van der Waals surface area contributed by atoms with Gasteiger partial charge in [0.1, 0.15) is 11.5 Å². The Balaban J connectivity index is 2.08. The molecule has 6 heteroatoms. The van der Waals surface area contributed by atoms with Crippen LogP contribution in [0.4, 0.5) is 11.5 Å². The summed E-state index contributed by atoms with van der Waals surface area (Å²) in [5, 5.41) is 5.98. The van der Waals surface area contributed by atoms with Crippen LogP contribution in [0.2, 0.25) is 0 Å². The van der Waals surface area contributed by atoms with Gasteiger partial charge in [0.25, 0.3) is 5.91 Å². The summed E-state index contributed by atoms with van der Waals surface area (Å²) in [5.74, 6) is 0.335. The molecule has 1 amide bonds. The lowest BCUT2D eigenvalue weighted by atomic mass is 9.86. The van der Waals surface area contributed by atoms with Crippen molar-refractivity contribution in [2.24, 2.45) is 0 Å². The van der Waals surface area contributed by atoms with Gasteiger partial charge < -0.3 is 15.4 Å². The van der Waals surface area contributed by atoms with E-state index in [4.69, 9.17) is 4.74 Å². The van der Waals surface area contributed by atoms with Crippen molar-refractivity contribution in [1.29, 1.82) is 0 Å². The second-order valence-corrected chi connectivity index (χ2v) is 6.46. The van der Waals surface area contributed by atoms with Crippen LogP contribution in [-0.2, 0) is 10.2 Å². The van der Waals surface area contributed by atoms with Crippen molar-refractivity contribution >= 4 is 17.4 Å². The van der Waals surface area contributed by atoms with E-state index in [2.05, 4.69) is 41.4 Å². The number of aromatic nitrogens is 2. The van der Waals surface area contributed by atoms with E-state index in [1.807, 2.05) is 24.3 Å². The molecule has 0 aliphatic rings. The van der Waals surface area contributed by atoms with Gasteiger partial charge in [-0.15, -0.1) is 0 Å². The minimum absolute atomic E-state index is 0.0648. The smallest absolute Gasteiger partial charge is 0.275 e. The zero-order valence-electron chi connectivity index (χ0n) is 14.6. The fraction of sp³-hybridized carbons (Fsp3) is 0.389. The first-order valence-corrected chi connectivity index (χ1v) is 7.87. The van der Waals surface area contributed by atoms with Gasteiger partial charge in [-0.3, -0.25) is 4.79 Å². The molecule has 1 heterocycles. The van der Waals surface area contributed by atoms with Crippen LogP contribution in [0.25, 0.3) is 0 Å². The molecule has 1 aromatic heterocycles. The minimum Gasteiger partial charge on any atom is -0.383 e. The third-order valence-corrected chi connectivity index (χ3v) is 3.48. The predicted octanol–water partition coefficient (Wildman–Crippen LogP) is 3.08. The van der Waals surface area contributed by atoms with Crippen LogP contribution in [0.3, 0.4) is 0 Å². The van der Waals surface area contributed by atoms with Crippen molar-refractivity contribution in [3.8, 4) is 0 Å². The third kappa shape index (κ3) is 4.76. The number of hydrogen-bond acceptors (Lipinski definition) is 5. The molecule has 2 N–H and O–H groups in total. The summed E-state index contributed by atoms with van der Waals surface area (Å²) < 4.78 is 4.96. The van der Waals surface area contributed by atoms with E-state index in [9.17, 15) is 4.79 Å². The molecule has 0 aliphatic carbocycles. The molecule has 2 rings (SSSR count). The molecule has 0 radical (unpaired) electrons. The number of nitrogens with one attached hydrogen (secondary N) is 2. The molecule has 0 bridgehead atoms. The maximum atomic E-state index is 12.4. The number of benzene rings is 1. The number of rotatable bonds is 6. The van der Waals surface area contributed by atoms with Crippen LogP contribution in [0.5, 0.6) is 0 Å². The van der Waals surface area contributed by atoms with E-state index in [-0.39, 0.29) is 17.0 Å². The van der Waals surface area contributed by atoms with Gasteiger partial charge in [0.15, 0.2) is 0 Å². The number of hydrogen-bond donors (Lipinski definition) is 2. The third-order valence-electron chi connectivity index (χ3n) is 3.48. The van der Waals surface area contributed by atoms with E-state index in [1.54, 1.807) is 13.3 Å². The first-order chi connectivity index (χ1) is 11.4. The molecular weight excluding hydrogens is 304 g/mol. The van der Waals surface area contributed by atoms with Gasteiger partial charge in [0, 0.05) is 19.3 Å². The Bertz CT molecular complexity index is 678. The molecular formula is C18H24N4O2. The monoisotopic (exact) mass is 328 g/mol. The fourth-order valence-electron chi connectivity index (χ4n) is 2.25. The second kappa shape index (κ2) is 7.88. The SMILES string of the molecule is COCCNc1cnc(C(=O)Nc2ccccc2C(C)(C)C)cn1. The topological polar surface area (TPSA) is 76.1 Å². The van der Waals surface area contributed by atoms with Gasteiger partial charge in [-0.2, -0.15) is 0 Å². The van der Waals surface area contributed by atoms with Crippen LogP contribution in [0.15, 0.2) is 36.7 Å². The van der Waals surface area contributed by atoms with Crippen LogP contribution in [-0.4, -0.2) is 36.1 Å². The van der Waals surface area contributed by atoms with E-state index >= 15 is 0 Å². The summed E-state index contributed by atoms with van der Waals surface area (Å²) in [6, 6.07) is 7.78. The van der Waals surface area contributed by atoms with Gasteiger partial charge in [-0.1, -0.05) is 39.0 Å². The number of amides is 1. The van der Waals surface area contributed by atoms with Crippen LogP contribution >= 0.6 is 0 Å². The highest BCUT2D eigenvalue weighted by molar-refractivity contribution is 6.03. The molecule has 0 aliphatic heterocycles. The summed E-state index contributed by atoms with van der Waals surface area (Å²) in [6.07, 6.45) is 3.00. The van der Waals surface area contributed by atoms with E-state index in [0.29, 0.717) is 19.0 Å². The lowest BCUT2D eigenvalue weighted by Crippen LogP contribution is -2.19. The number of carbonyl (C=O) groups is 1. The zero-order chi connectivity index (χ0) is 17.6. The summed E-state index contributed by atoms with van der Waals surface area (Å²) in [4.78, 5) is 20.8. The van der Waals surface area contributed by atoms with E-state index in [0.717, 1.165) is 11.3 Å². The lowest BCUT2D eigenvalue weighted by Gasteiger charge is -2.22. The second-order valence-electron chi connectivity index (χ2n) is 6.46. The zero-order valence-corrected chi connectivity index (χ0v) is 14.6. The number of nitrogens with zero attached hydrogens (tertiary/aromatic N) is 2. The maximum absolute atomic E-state index is 12.4. The molecule has 0 unspecified atom stereocenters. The molecule has 0 saturated carbocycles. The highest BCUT2D eigenvalue weighted by Crippen LogP contribution is 2.29. The summed E-state index contributed by atoms with van der Waals surface area (Å²) in [6.45, 7) is 7.54. The Labute approximate surface area is 142 Å². The molecule has 1 aromatic carbocycles. The quantitative estimate of drug-likeness (QED) is 0.797. The van der Waals surface area contributed by atoms with Gasteiger partial charge in [-0.05, 0) is 17.0 Å². The van der Waals surface area contributed by atoms with E-state index < -0.39 is 0 Å². The van der Waals surface area contributed by atoms with Gasteiger partial charge in [-0.25, -0.2) is 9.97 Å². The fourth-order valence-corrected chi connectivity index (χ4v) is 2.25. The predicted molar refractivity (Wildman–Crippen MR) is 95.5 cm³/mol.